The maximum Gasteiger partial charge on any atom is 0.223 e. The van der Waals surface area contributed by atoms with E-state index in [9.17, 15) is 5.11 Å². The number of aliphatic hydroxyl groups is 1. The second-order valence-electron chi connectivity index (χ2n) is 7.99. The highest BCUT2D eigenvalue weighted by Crippen LogP contribution is 2.24. The van der Waals surface area contributed by atoms with Crippen molar-refractivity contribution in [3.63, 3.8) is 0 Å². The molecule has 0 radical (unpaired) electrons. The van der Waals surface area contributed by atoms with Gasteiger partial charge < -0.3 is 26.4 Å². The first-order chi connectivity index (χ1) is 14.1. The molecule has 2 aromatic rings. The van der Waals surface area contributed by atoms with Crippen molar-refractivity contribution in [3.05, 3.63) is 42.0 Å². The van der Waals surface area contributed by atoms with Crippen LogP contribution in [0.4, 0.5) is 17.6 Å². The number of benzene rings is 1. The van der Waals surface area contributed by atoms with Gasteiger partial charge in [0.1, 0.15) is 11.6 Å². The third kappa shape index (κ3) is 4.95. The van der Waals surface area contributed by atoms with Crippen molar-refractivity contribution < 1.29 is 5.11 Å². The Hall–Kier alpha value is -2.42. The van der Waals surface area contributed by atoms with Crippen LogP contribution in [0.1, 0.15) is 12.0 Å². The molecule has 8 nitrogen and oxygen atoms in total. The minimum atomic E-state index is -0.419. The van der Waals surface area contributed by atoms with E-state index in [0.717, 1.165) is 52.1 Å². The van der Waals surface area contributed by atoms with Crippen molar-refractivity contribution in [2.75, 3.05) is 62.2 Å². The summed E-state index contributed by atoms with van der Waals surface area (Å²) in [6, 6.07) is 12.6. The number of nitrogens with zero attached hydrogens (tertiary/aromatic N) is 5. The monoisotopic (exact) mass is 397 g/mol. The molecule has 0 aliphatic carbocycles. The molecule has 2 aliphatic heterocycles. The smallest absolute Gasteiger partial charge is 0.223 e. The second kappa shape index (κ2) is 8.94. The average Bonchev–Trinajstić information content (AvgIpc) is 2.73. The van der Waals surface area contributed by atoms with E-state index in [1.54, 1.807) is 6.07 Å². The van der Waals surface area contributed by atoms with Crippen molar-refractivity contribution in [1.82, 2.24) is 19.8 Å². The van der Waals surface area contributed by atoms with Crippen LogP contribution in [0.2, 0.25) is 0 Å². The van der Waals surface area contributed by atoms with Gasteiger partial charge in [-0.2, -0.15) is 9.97 Å². The third-order valence-corrected chi connectivity index (χ3v) is 6.06. The molecule has 156 valence electrons. The number of piperidine rings is 1. The van der Waals surface area contributed by atoms with Crippen LogP contribution in [-0.4, -0.2) is 82.8 Å². The molecule has 2 fully saturated rings. The maximum atomic E-state index is 10.8. The lowest BCUT2D eigenvalue weighted by Gasteiger charge is -2.45. The van der Waals surface area contributed by atoms with E-state index in [4.69, 9.17) is 11.5 Å². The largest absolute Gasteiger partial charge is 0.390 e. The summed E-state index contributed by atoms with van der Waals surface area (Å²) in [5.41, 5.74) is 12.9. The van der Waals surface area contributed by atoms with Crippen molar-refractivity contribution in [3.8, 4) is 0 Å². The minimum Gasteiger partial charge on any atom is -0.390 e. The standard InChI is InChI=1S/C21H31N7O/c22-19-14-20(25-21(23)24-19)28-9-7-17(18(29)15-28)27-12-10-26(11-13-27)8-6-16-4-2-1-3-5-16/h1-5,14,17-18,29H,6-13,15H2,(H4,22,23,24,25). The number of piperazine rings is 1. The average molecular weight is 398 g/mol. The molecule has 0 spiro atoms. The van der Waals surface area contributed by atoms with Gasteiger partial charge in [-0.05, 0) is 18.4 Å². The fourth-order valence-electron chi connectivity index (χ4n) is 4.44. The fourth-order valence-corrected chi connectivity index (χ4v) is 4.44. The molecule has 2 atom stereocenters. The summed E-state index contributed by atoms with van der Waals surface area (Å²) in [4.78, 5) is 15.2. The molecular weight excluding hydrogens is 366 g/mol. The van der Waals surface area contributed by atoms with E-state index in [1.807, 2.05) is 4.90 Å². The van der Waals surface area contributed by atoms with Crippen LogP contribution < -0.4 is 16.4 Å². The van der Waals surface area contributed by atoms with Gasteiger partial charge in [-0.3, -0.25) is 4.90 Å². The molecule has 0 saturated carbocycles. The molecule has 0 bridgehead atoms. The first-order valence-electron chi connectivity index (χ1n) is 10.4. The van der Waals surface area contributed by atoms with E-state index in [1.165, 1.54) is 5.56 Å². The summed E-state index contributed by atoms with van der Waals surface area (Å²) in [6.45, 7) is 6.57. The molecular formula is C21H31N7O. The Kier molecular flexibility index (Phi) is 6.13. The normalized spacial score (nSPS) is 24.0. The van der Waals surface area contributed by atoms with Gasteiger partial charge in [0.05, 0.1) is 6.10 Å². The molecule has 1 aromatic heterocycles. The number of aromatic nitrogens is 2. The predicted molar refractivity (Wildman–Crippen MR) is 116 cm³/mol. The van der Waals surface area contributed by atoms with Crippen molar-refractivity contribution in [2.45, 2.75) is 25.0 Å². The Morgan fingerprint density at radius 2 is 1.76 bits per heavy atom. The number of aliphatic hydroxyl groups excluding tert-OH is 1. The Balaban J connectivity index is 1.26. The van der Waals surface area contributed by atoms with Gasteiger partial charge in [-0.15, -0.1) is 0 Å². The zero-order valence-electron chi connectivity index (χ0n) is 16.8. The lowest BCUT2D eigenvalue weighted by atomic mass is 9.99. The van der Waals surface area contributed by atoms with Crippen LogP contribution in [0.25, 0.3) is 0 Å². The lowest BCUT2D eigenvalue weighted by molar-refractivity contribution is 0.00968. The number of anilines is 3. The molecule has 2 aliphatic rings. The summed E-state index contributed by atoms with van der Waals surface area (Å²) < 4.78 is 0. The Bertz CT molecular complexity index is 775. The van der Waals surface area contributed by atoms with Crippen LogP contribution in [0.3, 0.4) is 0 Å². The molecule has 8 heteroatoms. The van der Waals surface area contributed by atoms with E-state index < -0.39 is 6.10 Å². The number of hydrogen-bond donors (Lipinski definition) is 3. The van der Waals surface area contributed by atoms with Crippen LogP contribution in [0.5, 0.6) is 0 Å². The first-order valence-corrected chi connectivity index (χ1v) is 10.4. The van der Waals surface area contributed by atoms with E-state index in [-0.39, 0.29) is 12.0 Å². The molecule has 29 heavy (non-hydrogen) atoms. The number of nitrogens with two attached hydrogens (primary N) is 2. The Morgan fingerprint density at radius 3 is 2.45 bits per heavy atom. The van der Waals surface area contributed by atoms with Crippen molar-refractivity contribution >= 4 is 17.6 Å². The zero-order chi connectivity index (χ0) is 20.2. The van der Waals surface area contributed by atoms with E-state index in [2.05, 4.69) is 50.1 Å². The highest BCUT2D eigenvalue weighted by atomic mass is 16.3. The molecule has 1 aromatic carbocycles. The van der Waals surface area contributed by atoms with Gasteiger partial charge >= 0.3 is 0 Å². The van der Waals surface area contributed by atoms with Crippen LogP contribution in [-0.2, 0) is 6.42 Å². The molecule has 4 rings (SSSR count). The van der Waals surface area contributed by atoms with E-state index >= 15 is 0 Å². The summed E-state index contributed by atoms with van der Waals surface area (Å²) in [6.07, 6.45) is 1.57. The van der Waals surface area contributed by atoms with Gasteiger partial charge in [-0.1, -0.05) is 30.3 Å². The number of rotatable bonds is 5. The third-order valence-electron chi connectivity index (χ3n) is 6.06. The number of nitrogen functional groups attached to an aromatic ring is 2. The van der Waals surface area contributed by atoms with Crippen LogP contribution in [0, 0.1) is 0 Å². The van der Waals surface area contributed by atoms with Crippen molar-refractivity contribution in [1.29, 1.82) is 0 Å². The molecule has 2 saturated heterocycles. The Morgan fingerprint density at radius 1 is 1.00 bits per heavy atom. The van der Waals surface area contributed by atoms with Gasteiger partial charge in [0.2, 0.25) is 5.95 Å². The maximum absolute atomic E-state index is 10.8. The summed E-state index contributed by atoms with van der Waals surface area (Å²) >= 11 is 0. The minimum absolute atomic E-state index is 0.170. The van der Waals surface area contributed by atoms with Crippen LogP contribution >= 0.6 is 0 Å². The molecule has 3 heterocycles. The van der Waals surface area contributed by atoms with Crippen molar-refractivity contribution in [2.24, 2.45) is 0 Å². The molecule has 0 amide bonds. The summed E-state index contributed by atoms with van der Waals surface area (Å²) in [5.74, 6) is 1.22. The predicted octanol–water partition coefficient (Wildman–Crippen LogP) is 0.441. The summed E-state index contributed by atoms with van der Waals surface area (Å²) in [5, 5.41) is 10.8. The topological polar surface area (TPSA) is 108 Å². The van der Waals surface area contributed by atoms with Gasteiger partial charge in [0.25, 0.3) is 0 Å². The molecule has 2 unspecified atom stereocenters. The number of β-amino-alcohol motifs (C(OH)–C–C–N with tert-alkyl or cyclic N) is 1. The van der Waals surface area contributed by atoms with E-state index in [0.29, 0.717) is 18.2 Å². The van der Waals surface area contributed by atoms with Crippen LogP contribution in [0.15, 0.2) is 36.4 Å². The Labute approximate surface area is 172 Å². The second-order valence-corrected chi connectivity index (χ2v) is 7.99. The quantitative estimate of drug-likeness (QED) is 0.667. The van der Waals surface area contributed by atoms with Gasteiger partial charge in [0, 0.05) is 57.9 Å². The highest BCUT2D eigenvalue weighted by molar-refractivity contribution is 5.50. The number of hydrogen-bond acceptors (Lipinski definition) is 8. The van der Waals surface area contributed by atoms with Gasteiger partial charge in [-0.25, -0.2) is 0 Å². The highest BCUT2D eigenvalue weighted by Gasteiger charge is 2.34. The van der Waals surface area contributed by atoms with Gasteiger partial charge in [0.15, 0.2) is 0 Å². The summed E-state index contributed by atoms with van der Waals surface area (Å²) in [7, 11) is 0. The SMILES string of the molecule is Nc1cc(N2CCC(N3CCN(CCc4ccccc4)CC3)C(O)C2)nc(N)n1. The lowest BCUT2D eigenvalue weighted by Crippen LogP contribution is -2.59. The zero-order valence-corrected chi connectivity index (χ0v) is 16.8. The fraction of sp³-hybridized carbons (Fsp3) is 0.524. The first kappa shape index (κ1) is 19.9. The molecule has 5 N–H and O–H groups in total.